The van der Waals surface area contributed by atoms with Gasteiger partial charge in [0.1, 0.15) is 0 Å². The third kappa shape index (κ3) is 1.74. The number of nitrogens with one attached hydrogen (secondary N) is 1. The van der Waals surface area contributed by atoms with E-state index in [-0.39, 0.29) is 5.41 Å². The second-order valence-electron chi connectivity index (χ2n) is 4.50. The molecule has 2 rings (SSSR count). The van der Waals surface area contributed by atoms with Crippen molar-refractivity contribution in [2.75, 3.05) is 25.1 Å². The lowest BCUT2D eigenvalue weighted by molar-refractivity contribution is 0.488. The average molecular weight is 203 g/mol. The van der Waals surface area contributed by atoms with Crippen molar-refractivity contribution in [2.45, 2.75) is 19.3 Å². The molecule has 1 saturated heterocycles. The van der Waals surface area contributed by atoms with Crippen LogP contribution >= 0.6 is 0 Å². The minimum atomic E-state index is -2.67. The number of sulfone groups is 1. The average Bonchev–Trinajstić information content (AvgIpc) is 2.61. The topological polar surface area (TPSA) is 46.2 Å². The van der Waals surface area contributed by atoms with Crippen molar-refractivity contribution in [2.24, 2.45) is 11.3 Å². The predicted octanol–water partition coefficient (Wildman–Crippen LogP) is 0.421. The number of hydrogen-bond donors (Lipinski definition) is 1. The number of rotatable bonds is 3. The minimum Gasteiger partial charge on any atom is -0.320 e. The third-order valence-electron chi connectivity index (χ3n) is 3.52. The first-order valence-electron chi connectivity index (χ1n) is 4.93. The first kappa shape index (κ1) is 9.46. The summed E-state index contributed by atoms with van der Waals surface area (Å²) in [6.07, 6.45) is 3.21. The molecule has 2 unspecified atom stereocenters. The van der Waals surface area contributed by atoms with Crippen LogP contribution in [0.1, 0.15) is 19.3 Å². The van der Waals surface area contributed by atoms with Crippen molar-refractivity contribution < 1.29 is 8.42 Å². The van der Waals surface area contributed by atoms with Gasteiger partial charge in [0.2, 0.25) is 0 Å². The van der Waals surface area contributed by atoms with Gasteiger partial charge in [0.15, 0.2) is 9.84 Å². The maximum absolute atomic E-state index is 11.3. The molecule has 1 aliphatic heterocycles. The molecular formula is C9H17NO2S. The summed E-state index contributed by atoms with van der Waals surface area (Å²) in [5, 5.41) is 3.12. The normalized spacial score (nSPS) is 41.2. The Labute approximate surface area is 79.8 Å². The molecule has 4 heteroatoms. The van der Waals surface area contributed by atoms with Gasteiger partial charge in [-0.1, -0.05) is 0 Å². The Balaban J connectivity index is 1.91. The summed E-state index contributed by atoms with van der Waals surface area (Å²) in [7, 11) is -0.725. The van der Waals surface area contributed by atoms with Gasteiger partial charge in [-0.3, -0.25) is 0 Å². The van der Waals surface area contributed by atoms with E-state index >= 15 is 0 Å². The SMILES string of the molecule is CNCCC1CC12CCS(=O)(=O)C2. The second kappa shape index (κ2) is 2.95. The van der Waals surface area contributed by atoms with Crippen molar-refractivity contribution in [1.82, 2.24) is 5.32 Å². The van der Waals surface area contributed by atoms with Crippen molar-refractivity contribution in [3.05, 3.63) is 0 Å². The highest BCUT2D eigenvalue weighted by Gasteiger charge is 2.58. The number of hydrogen-bond acceptors (Lipinski definition) is 3. The van der Waals surface area contributed by atoms with Gasteiger partial charge in [-0.2, -0.15) is 0 Å². The summed E-state index contributed by atoms with van der Waals surface area (Å²) in [5.74, 6) is 1.58. The van der Waals surface area contributed by atoms with Gasteiger partial charge in [0.05, 0.1) is 11.5 Å². The van der Waals surface area contributed by atoms with Crippen molar-refractivity contribution in [3.63, 3.8) is 0 Å². The van der Waals surface area contributed by atoms with Crippen LogP contribution in [0.4, 0.5) is 0 Å². The lowest BCUT2D eigenvalue weighted by Crippen LogP contribution is -2.12. The fraction of sp³-hybridized carbons (Fsp3) is 1.00. The van der Waals surface area contributed by atoms with Crippen LogP contribution in [-0.2, 0) is 9.84 Å². The molecule has 0 radical (unpaired) electrons. The van der Waals surface area contributed by atoms with E-state index in [0.29, 0.717) is 17.4 Å². The molecule has 1 heterocycles. The Morgan fingerprint density at radius 2 is 2.31 bits per heavy atom. The van der Waals surface area contributed by atoms with Crippen molar-refractivity contribution in [1.29, 1.82) is 0 Å². The molecule has 0 bridgehead atoms. The van der Waals surface area contributed by atoms with E-state index < -0.39 is 9.84 Å². The van der Waals surface area contributed by atoms with Crippen LogP contribution in [0, 0.1) is 11.3 Å². The highest BCUT2D eigenvalue weighted by molar-refractivity contribution is 7.91. The molecule has 1 aliphatic carbocycles. The van der Waals surface area contributed by atoms with Gasteiger partial charge in [-0.25, -0.2) is 8.42 Å². The quantitative estimate of drug-likeness (QED) is 0.723. The Morgan fingerprint density at radius 1 is 1.54 bits per heavy atom. The van der Waals surface area contributed by atoms with E-state index in [9.17, 15) is 8.42 Å². The second-order valence-corrected chi connectivity index (χ2v) is 6.68. The largest absolute Gasteiger partial charge is 0.320 e. The lowest BCUT2D eigenvalue weighted by atomic mass is 10.0. The maximum atomic E-state index is 11.3. The predicted molar refractivity (Wildman–Crippen MR) is 52.4 cm³/mol. The maximum Gasteiger partial charge on any atom is 0.150 e. The highest BCUT2D eigenvalue weighted by atomic mass is 32.2. The summed E-state index contributed by atoms with van der Waals surface area (Å²) in [5.41, 5.74) is 0.218. The third-order valence-corrected chi connectivity index (χ3v) is 5.36. The molecule has 0 aromatic carbocycles. The minimum absolute atomic E-state index is 0.218. The fourth-order valence-electron chi connectivity index (χ4n) is 2.58. The van der Waals surface area contributed by atoms with E-state index in [4.69, 9.17) is 0 Å². The molecule has 2 atom stereocenters. The smallest absolute Gasteiger partial charge is 0.150 e. The van der Waals surface area contributed by atoms with Crippen LogP contribution in [-0.4, -0.2) is 33.5 Å². The molecule has 0 aromatic heterocycles. The molecule has 0 aromatic rings. The molecule has 76 valence electrons. The summed E-state index contributed by atoms with van der Waals surface area (Å²) >= 11 is 0. The zero-order valence-corrected chi connectivity index (χ0v) is 8.86. The Bertz CT molecular complexity index is 299. The van der Waals surface area contributed by atoms with Gasteiger partial charge in [0, 0.05) is 0 Å². The monoisotopic (exact) mass is 203 g/mol. The molecule has 1 saturated carbocycles. The summed E-state index contributed by atoms with van der Waals surface area (Å²) in [4.78, 5) is 0. The first-order chi connectivity index (χ1) is 6.08. The molecule has 1 spiro atoms. The van der Waals surface area contributed by atoms with Gasteiger partial charge >= 0.3 is 0 Å². The van der Waals surface area contributed by atoms with Crippen LogP contribution in [0.5, 0.6) is 0 Å². The van der Waals surface area contributed by atoms with Crippen LogP contribution in [0.25, 0.3) is 0 Å². The van der Waals surface area contributed by atoms with Gasteiger partial charge in [0.25, 0.3) is 0 Å². The molecular weight excluding hydrogens is 186 g/mol. The van der Waals surface area contributed by atoms with E-state index in [0.717, 1.165) is 25.8 Å². The van der Waals surface area contributed by atoms with Gasteiger partial charge < -0.3 is 5.32 Å². The molecule has 1 N–H and O–H groups in total. The Hall–Kier alpha value is -0.0900. The lowest BCUT2D eigenvalue weighted by Gasteiger charge is -2.05. The molecule has 2 aliphatic rings. The van der Waals surface area contributed by atoms with Crippen LogP contribution in [0.15, 0.2) is 0 Å². The Kier molecular flexibility index (Phi) is 2.15. The molecule has 3 nitrogen and oxygen atoms in total. The van der Waals surface area contributed by atoms with Crippen LogP contribution in [0.2, 0.25) is 0 Å². The van der Waals surface area contributed by atoms with Crippen LogP contribution < -0.4 is 5.32 Å². The van der Waals surface area contributed by atoms with E-state index in [1.165, 1.54) is 0 Å². The zero-order valence-electron chi connectivity index (χ0n) is 8.04. The molecule has 13 heavy (non-hydrogen) atoms. The van der Waals surface area contributed by atoms with Gasteiger partial charge in [-0.15, -0.1) is 0 Å². The summed E-state index contributed by atoms with van der Waals surface area (Å²) < 4.78 is 22.6. The van der Waals surface area contributed by atoms with Gasteiger partial charge in [-0.05, 0) is 44.2 Å². The summed E-state index contributed by atoms with van der Waals surface area (Å²) in [6.45, 7) is 1.02. The molecule has 2 fully saturated rings. The Morgan fingerprint density at radius 3 is 2.85 bits per heavy atom. The van der Waals surface area contributed by atoms with Crippen LogP contribution in [0.3, 0.4) is 0 Å². The van der Waals surface area contributed by atoms with E-state index in [2.05, 4.69) is 5.32 Å². The van der Waals surface area contributed by atoms with Crippen molar-refractivity contribution >= 4 is 9.84 Å². The fourth-order valence-corrected chi connectivity index (χ4v) is 4.82. The van der Waals surface area contributed by atoms with E-state index in [1.54, 1.807) is 0 Å². The van der Waals surface area contributed by atoms with E-state index in [1.807, 2.05) is 7.05 Å². The highest BCUT2D eigenvalue weighted by Crippen LogP contribution is 2.60. The molecule has 0 amide bonds. The van der Waals surface area contributed by atoms with Crippen molar-refractivity contribution in [3.8, 4) is 0 Å². The summed E-state index contributed by atoms with van der Waals surface area (Å²) in [6, 6.07) is 0. The first-order valence-corrected chi connectivity index (χ1v) is 6.75. The standard InChI is InChI=1S/C9H17NO2S/c1-10-4-2-8-6-9(8)3-5-13(11,12)7-9/h8,10H,2-7H2,1H3. The zero-order chi connectivity index (χ0) is 9.53.